The van der Waals surface area contributed by atoms with E-state index < -0.39 is 16.6 Å². The van der Waals surface area contributed by atoms with Crippen LogP contribution in [0, 0.1) is 0 Å². The van der Waals surface area contributed by atoms with Crippen molar-refractivity contribution in [3.05, 3.63) is 36.4 Å². The Morgan fingerprint density at radius 3 is 2.66 bits per heavy atom. The van der Waals surface area contributed by atoms with Crippen molar-refractivity contribution in [2.24, 2.45) is 5.14 Å². The van der Waals surface area contributed by atoms with E-state index >= 15 is 0 Å². The molecule has 0 atom stereocenters. The minimum atomic E-state index is -3.74. The first-order valence-electron chi connectivity index (χ1n) is 8.81. The van der Waals surface area contributed by atoms with Gasteiger partial charge in [-0.25, -0.2) is 33.4 Å². The Labute approximate surface area is 165 Å². The van der Waals surface area contributed by atoms with Gasteiger partial charge in [0.2, 0.25) is 0 Å². The van der Waals surface area contributed by atoms with E-state index in [9.17, 15) is 17.2 Å². The van der Waals surface area contributed by atoms with Gasteiger partial charge in [0.15, 0.2) is 5.65 Å². The van der Waals surface area contributed by atoms with E-state index in [0.717, 1.165) is 0 Å². The number of fused-ring (bicyclic) bond motifs is 1. The Kier molecular flexibility index (Phi) is 5.10. The average molecular weight is 424 g/mol. The summed E-state index contributed by atoms with van der Waals surface area (Å²) in [5, 5.41) is 9.17. The van der Waals surface area contributed by atoms with E-state index in [2.05, 4.69) is 20.1 Å². The van der Waals surface area contributed by atoms with Crippen LogP contribution in [0.5, 0.6) is 0 Å². The standard InChI is InChI=1S/C16H18F2N8O2S/c17-16(18)11-2-3-14-20-9-13(26(14)23-11)12-8-15(22-10-21-12)24-4-1-5-25(7-6-24)29(19,27)28/h2-3,8-10,16H,1,4-7H2,(H2,19,27,28). The van der Waals surface area contributed by atoms with Crippen molar-refractivity contribution in [2.75, 3.05) is 31.1 Å². The summed E-state index contributed by atoms with van der Waals surface area (Å²) in [7, 11) is -3.74. The number of alkyl halides is 2. The SMILES string of the molecule is NS(=O)(=O)N1CCCN(c2cc(-c3cnc4ccc(C(F)F)nn34)ncn2)CC1. The van der Waals surface area contributed by atoms with Crippen LogP contribution in [0.15, 0.2) is 30.7 Å². The van der Waals surface area contributed by atoms with Gasteiger partial charge in [0.1, 0.15) is 23.5 Å². The predicted molar refractivity (Wildman–Crippen MR) is 100 cm³/mol. The van der Waals surface area contributed by atoms with E-state index in [4.69, 9.17) is 5.14 Å². The van der Waals surface area contributed by atoms with Gasteiger partial charge < -0.3 is 4.90 Å². The maximum absolute atomic E-state index is 13.0. The third-order valence-corrected chi connectivity index (χ3v) is 5.75. The zero-order valence-electron chi connectivity index (χ0n) is 15.2. The summed E-state index contributed by atoms with van der Waals surface area (Å²) in [6, 6.07) is 4.40. The molecule has 0 bridgehead atoms. The van der Waals surface area contributed by atoms with Crippen LogP contribution >= 0.6 is 0 Å². The quantitative estimate of drug-likeness (QED) is 0.658. The Bertz CT molecular complexity index is 1140. The van der Waals surface area contributed by atoms with Gasteiger partial charge in [0.05, 0.1) is 11.9 Å². The van der Waals surface area contributed by atoms with Gasteiger partial charge in [0.25, 0.3) is 16.6 Å². The van der Waals surface area contributed by atoms with Gasteiger partial charge in [-0.1, -0.05) is 0 Å². The molecule has 4 rings (SSSR count). The van der Waals surface area contributed by atoms with Crippen molar-refractivity contribution >= 4 is 21.7 Å². The molecule has 3 aromatic heterocycles. The first-order chi connectivity index (χ1) is 13.8. The van der Waals surface area contributed by atoms with E-state index in [-0.39, 0.29) is 12.2 Å². The minimum Gasteiger partial charge on any atom is -0.355 e. The molecule has 1 aliphatic rings. The molecule has 1 fully saturated rings. The summed E-state index contributed by atoms with van der Waals surface area (Å²) in [6.45, 7) is 1.57. The highest BCUT2D eigenvalue weighted by molar-refractivity contribution is 7.86. The fourth-order valence-corrected chi connectivity index (χ4v) is 3.94. The van der Waals surface area contributed by atoms with Crippen molar-refractivity contribution in [3.63, 3.8) is 0 Å². The lowest BCUT2D eigenvalue weighted by Gasteiger charge is -2.22. The highest BCUT2D eigenvalue weighted by atomic mass is 32.2. The van der Waals surface area contributed by atoms with Crippen molar-refractivity contribution < 1.29 is 17.2 Å². The number of hydrogen-bond acceptors (Lipinski definition) is 7. The molecule has 29 heavy (non-hydrogen) atoms. The van der Waals surface area contributed by atoms with E-state index in [1.54, 1.807) is 6.07 Å². The van der Waals surface area contributed by atoms with E-state index in [1.807, 2.05) is 4.90 Å². The molecule has 13 heteroatoms. The number of hydrogen-bond donors (Lipinski definition) is 1. The Morgan fingerprint density at radius 1 is 1.07 bits per heavy atom. The molecule has 1 saturated heterocycles. The number of halogens is 2. The van der Waals surface area contributed by atoms with Crippen LogP contribution in [-0.4, -0.2) is 63.5 Å². The van der Waals surface area contributed by atoms with Gasteiger partial charge in [-0.2, -0.15) is 17.8 Å². The van der Waals surface area contributed by atoms with E-state index in [0.29, 0.717) is 48.9 Å². The summed E-state index contributed by atoms with van der Waals surface area (Å²) in [5.41, 5.74) is 0.978. The molecular formula is C16H18F2N8O2S. The Hall–Kier alpha value is -2.77. The molecule has 0 radical (unpaired) electrons. The third kappa shape index (κ3) is 4.02. The van der Waals surface area contributed by atoms with Gasteiger partial charge >= 0.3 is 0 Å². The van der Waals surface area contributed by atoms with E-state index in [1.165, 1.54) is 33.5 Å². The van der Waals surface area contributed by atoms with Crippen LogP contribution in [0.3, 0.4) is 0 Å². The van der Waals surface area contributed by atoms with Gasteiger partial charge in [0, 0.05) is 32.2 Å². The molecule has 4 heterocycles. The monoisotopic (exact) mass is 424 g/mol. The number of nitrogens with two attached hydrogens (primary N) is 1. The lowest BCUT2D eigenvalue weighted by molar-refractivity contribution is 0.144. The predicted octanol–water partition coefficient (Wildman–Crippen LogP) is 0.839. The molecule has 0 unspecified atom stereocenters. The summed E-state index contributed by atoms with van der Waals surface area (Å²) in [5.74, 6) is 0.589. The van der Waals surface area contributed by atoms with Crippen LogP contribution in [0.25, 0.3) is 17.0 Å². The first kappa shape index (κ1) is 19.5. The Morgan fingerprint density at radius 2 is 1.90 bits per heavy atom. The third-order valence-electron chi connectivity index (χ3n) is 4.66. The fourth-order valence-electron chi connectivity index (χ4n) is 3.22. The zero-order chi connectivity index (χ0) is 20.6. The second kappa shape index (κ2) is 7.57. The zero-order valence-corrected chi connectivity index (χ0v) is 16.0. The molecule has 0 saturated carbocycles. The number of imidazole rings is 1. The molecule has 0 amide bonds. The number of aromatic nitrogens is 5. The van der Waals surface area contributed by atoms with Crippen LogP contribution in [0.2, 0.25) is 0 Å². The number of anilines is 1. The molecule has 2 N–H and O–H groups in total. The highest BCUT2D eigenvalue weighted by Gasteiger charge is 2.23. The van der Waals surface area contributed by atoms with Crippen molar-refractivity contribution in [1.82, 2.24) is 28.9 Å². The van der Waals surface area contributed by atoms with Gasteiger partial charge in [-0.15, -0.1) is 0 Å². The lowest BCUT2D eigenvalue weighted by atomic mass is 10.3. The molecule has 3 aromatic rings. The molecule has 10 nitrogen and oxygen atoms in total. The lowest BCUT2D eigenvalue weighted by Crippen LogP contribution is -2.39. The summed E-state index contributed by atoms with van der Waals surface area (Å²) >= 11 is 0. The summed E-state index contributed by atoms with van der Waals surface area (Å²) in [6.07, 6.45) is 0.762. The highest BCUT2D eigenvalue weighted by Crippen LogP contribution is 2.24. The second-order valence-corrected chi connectivity index (χ2v) is 8.06. The summed E-state index contributed by atoms with van der Waals surface area (Å²) < 4.78 is 51.7. The van der Waals surface area contributed by atoms with Crippen molar-refractivity contribution in [1.29, 1.82) is 0 Å². The fraction of sp³-hybridized carbons (Fsp3) is 0.375. The molecule has 0 aromatic carbocycles. The minimum absolute atomic E-state index is 0.243. The molecule has 0 aliphatic carbocycles. The normalized spacial score (nSPS) is 16.5. The topological polar surface area (TPSA) is 123 Å². The summed E-state index contributed by atoms with van der Waals surface area (Å²) in [4.78, 5) is 14.6. The molecular weight excluding hydrogens is 406 g/mol. The van der Waals surface area contributed by atoms with Crippen LogP contribution < -0.4 is 10.0 Å². The van der Waals surface area contributed by atoms with Crippen LogP contribution in [-0.2, 0) is 10.2 Å². The first-order valence-corrected chi connectivity index (χ1v) is 10.3. The maximum atomic E-state index is 13.0. The largest absolute Gasteiger partial charge is 0.355 e. The van der Waals surface area contributed by atoms with Crippen molar-refractivity contribution in [2.45, 2.75) is 12.8 Å². The second-order valence-electron chi connectivity index (χ2n) is 6.52. The maximum Gasteiger partial charge on any atom is 0.282 e. The number of nitrogens with zero attached hydrogens (tertiary/aromatic N) is 7. The Balaban J connectivity index is 1.64. The number of rotatable bonds is 4. The van der Waals surface area contributed by atoms with Gasteiger partial charge in [-0.3, -0.25) is 0 Å². The smallest absolute Gasteiger partial charge is 0.282 e. The van der Waals surface area contributed by atoms with Crippen LogP contribution in [0.1, 0.15) is 18.5 Å². The van der Waals surface area contributed by atoms with Crippen LogP contribution in [0.4, 0.5) is 14.6 Å². The average Bonchev–Trinajstić information content (AvgIpc) is 2.93. The van der Waals surface area contributed by atoms with Gasteiger partial charge in [-0.05, 0) is 18.6 Å². The molecule has 0 spiro atoms. The molecule has 1 aliphatic heterocycles. The molecule has 154 valence electrons. The van der Waals surface area contributed by atoms with Crippen molar-refractivity contribution in [3.8, 4) is 11.4 Å².